The molecule has 0 spiro atoms. The molecule has 0 bridgehead atoms. The number of nitrogens with one attached hydrogen (secondary N) is 2. The topological polar surface area (TPSA) is 93.5 Å². The molecule has 0 aliphatic carbocycles. The van der Waals surface area contributed by atoms with E-state index in [2.05, 4.69) is 10.6 Å². The number of ether oxygens (including phenoxy) is 1. The number of nitro benzene ring substituents is 1. The molecule has 2 N–H and O–H groups in total. The number of hydrogen-bond acceptors (Lipinski definition) is 5. The highest BCUT2D eigenvalue weighted by Gasteiger charge is 2.17. The second-order valence-corrected chi connectivity index (χ2v) is 4.82. The van der Waals surface area contributed by atoms with Crippen molar-refractivity contribution >= 4 is 34.6 Å². The summed E-state index contributed by atoms with van der Waals surface area (Å²) in [5, 5.41) is 16.2. The van der Waals surface area contributed by atoms with Gasteiger partial charge < -0.3 is 10.1 Å². The third-order valence-electron chi connectivity index (χ3n) is 2.91. The summed E-state index contributed by atoms with van der Waals surface area (Å²) in [5.74, 6) is -0.0549. The van der Waals surface area contributed by atoms with Gasteiger partial charge in [0, 0.05) is 5.56 Å². The maximum atomic E-state index is 12.0. The fourth-order valence-electron chi connectivity index (χ4n) is 1.81. The minimum absolute atomic E-state index is 0.0351. The van der Waals surface area contributed by atoms with Gasteiger partial charge in [-0.25, -0.2) is 0 Å². The highest BCUT2D eigenvalue weighted by molar-refractivity contribution is 7.80. The summed E-state index contributed by atoms with van der Waals surface area (Å²) >= 11 is 5.02. The van der Waals surface area contributed by atoms with E-state index in [0.717, 1.165) is 0 Å². The number of carbonyl (C=O) groups excluding carboxylic acids is 1. The van der Waals surface area contributed by atoms with E-state index in [4.69, 9.17) is 17.0 Å². The standard InChI is InChI=1S/C15H13N3O4S/c1-22-11-7-8-12(13(9-11)18(20)21)16-15(23)17-14(19)10-5-3-2-4-6-10/h2-9H,1H3,(H2,16,17,19,23). The molecule has 7 nitrogen and oxygen atoms in total. The number of methoxy groups -OCH3 is 1. The SMILES string of the molecule is COc1ccc(NC(=S)NC(=O)c2ccccc2)c([N+](=O)[O-])c1. The molecule has 2 aromatic rings. The first-order chi connectivity index (χ1) is 11.0. The van der Waals surface area contributed by atoms with Crippen molar-refractivity contribution in [3.05, 3.63) is 64.2 Å². The quantitative estimate of drug-likeness (QED) is 0.508. The van der Waals surface area contributed by atoms with Crippen LogP contribution in [0, 0.1) is 10.1 Å². The molecule has 2 rings (SSSR count). The lowest BCUT2D eigenvalue weighted by atomic mass is 10.2. The Kier molecular flexibility index (Phi) is 5.21. The van der Waals surface area contributed by atoms with Gasteiger partial charge in [0.25, 0.3) is 11.6 Å². The number of nitrogens with zero attached hydrogens (tertiary/aromatic N) is 1. The van der Waals surface area contributed by atoms with Crippen LogP contribution in [0.25, 0.3) is 0 Å². The van der Waals surface area contributed by atoms with Gasteiger partial charge in [-0.15, -0.1) is 0 Å². The lowest BCUT2D eigenvalue weighted by Gasteiger charge is -2.10. The molecule has 0 aromatic heterocycles. The fourth-order valence-corrected chi connectivity index (χ4v) is 2.02. The molecule has 0 aliphatic heterocycles. The average Bonchev–Trinajstić information content (AvgIpc) is 2.55. The normalized spacial score (nSPS) is 9.78. The van der Waals surface area contributed by atoms with Gasteiger partial charge in [-0.05, 0) is 36.5 Å². The first-order valence-corrected chi connectivity index (χ1v) is 6.92. The maximum absolute atomic E-state index is 12.0. The maximum Gasteiger partial charge on any atom is 0.296 e. The highest BCUT2D eigenvalue weighted by Crippen LogP contribution is 2.28. The summed E-state index contributed by atoms with van der Waals surface area (Å²) < 4.78 is 4.95. The van der Waals surface area contributed by atoms with Crippen molar-refractivity contribution in [1.29, 1.82) is 0 Å². The van der Waals surface area contributed by atoms with Crippen molar-refractivity contribution < 1.29 is 14.5 Å². The molecule has 1 amide bonds. The molecule has 2 aromatic carbocycles. The van der Waals surface area contributed by atoms with Crippen LogP contribution in [-0.2, 0) is 0 Å². The van der Waals surface area contributed by atoms with E-state index in [9.17, 15) is 14.9 Å². The molecule has 0 aliphatic rings. The van der Waals surface area contributed by atoms with Crippen LogP contribution in [0.1, 0.15) is 10.4 Å². The largest absolute Gasteiger partial charge is 0.496 e. The average molecular weight is 331 g/mol. The highest BCUT2D eigenvalue weighted by atomic mass is 32.1. The zero-order valence-electron chi connectivity index (χ0n) is 12.1. The Labute approximate surface area is 137 Å². The summed E-state index contributed by atoms with van der Waals surface area (Å²) in [5.41, 5.74) is 0.385. The van der Waals surface area contributed by atoms with Crippen molar-refractivity contribution in [3.8, 4) is 5.75 Å². The van der Waals surface area contributed by atoms with E-state index in [1.807, 2.05) is 0 Å². The third-order valence-corrected chi connectivity index (χ3v) is 3.12. The van der Waals surface area contributed by atoms with Crippen LogP contribution in [0.4, 0.5) is 11.4 Å². The first kappa shape index (κ1) is 16.4. The summed E-state index contributed by atoms with van der Waals surface area (Å²) in [6.07, 6.45) is 0. The number of rotatable bonds is 4. The van der Waals surface area contributed by atoms with E-state index >= 15 is 0 Å². The van der Waals surface area contributed by atoms with Gasteiger partial charge in [0.05, 0.1) is 18.1 Å². The second kappa shape index (κ2) is 7.32. The molecule has 8 heteroatoms. The molecule has 0 atom stereocenters. The summed E-state index contributed by atoms with van der Waals surface area (Å²) in [7, 11) is 1.41. The van der Waals surface area contributed by atoms with E-state index in [1.54, 1.807) is 36.4 Å². The van der Waals surface area contributed by atoms with Crippen LogP contribution in [0.5, 0.6) is 5.75 Å². The molecule has 0 radical (unpaired) electrons. The third kappa shape index (κ3) is 4.24. The minimum atomic E-state index is -0.563. The molecule has 0 fully saturated rings. The molecular formula is C15H13N3O4S. The second-order valence-electron chi connectivity index (χ2n) is 4.41. The van der Waals surface area contributed by atoms with Crippen molar-refractivity contribution in [1.82, 2.24) is 5.32 Å². The monoisotopic (exact) mass is 331 g/mol. The summed E-state index contributed by atoms with van der Waals surface area (Å²) in [4.78, 5) is 22.5. The summed E-state index contributed by atoms with van der Waals surface area (Å²) in [6.45, 7) is 0. The van der Waals surface area contributed by atoms with Gasteiger partial charge in [-0.2, -0.15) is 0 Å². The lowest BCUT2D eigenvalue weighted by molar-refractivity contribution is -0.384. The van der Waals surface area contributed by atoms with E-state index in [-0.39, 0.29) is 16.5 Å². The Morgan fingerprint density at radius 1 is 1.22 bits per heavy atom. The van der Waals surface area contributed by atoms with Crippen LogP contribution in [0.15, 0.2) is 48.5 Å². The number of nitro groups is 1. The smallest absolute Gasteiger partial charge is 0.296 e. The number of carbonyl (C=O) groups is 1. The van der Waals surface area contributed by atoms with Crippen molar-refractivity contribution in [2.45, 2.75) is 0 Å². The van der Waals surface area contributed by atoms with Gasteiger partial charge in [0.15, 0.2) is 5.11 Å². The predicted octanol–water partition coefficient (Wildman–Crippen LogP) is 2.73. The summed E-state index contributed by atoms with van der Waals surface area (Å²) in [6, 6.07) is 12.8. The number of benzene rings is 2. The minimum Gasteiger partial charge on any atom is -0.496 e. The Balaban J connectivity index is 2.11. The number of thiocarbonyl (C=S) groups is 1. The van der Waals surface area contributed by atoms with Crippen molar-refractivity contribution in [2.24, 2.45) is 0 Å². The van der Waals surface area contributed by atoms with Gasteiger partial charge in [0.1, 0.15) is 11.4 Å². The molecule has 118 valence electrons. The molecule has 0 saturated carbocycles. The Morgan fingerprint density at radius 2 is 1.91 bits per heavy atom. The first-order valence-electron chi connectivity index (χ1n) is 6.51. The number of hydrogen-bond donors (Lipinski definition) is 2. The molecule has 0 saturated heterocycles. The Hall–Kier alpha value is -3.00. The van der Waals surface area contributed by atoms with Gasteiger partial charge >= 0.3 is 0 Å². The van der Waals surface area contributed by atoms with Gasteiger partial charge in [-0.3, -0.25) is 20.2 Å². The van der Waals surface area contributed by atoms with Crippen LogP contribution in [-0.4, -0.2) is 23.1 Å². The van der Waals surface area contributed by atoms with Gasteiger partial charge in [-0.1, -0.05) is 18.2 Å². The van der Waals surface area contributed by atoms with Crippen molar-refractivity contribution in [2.75, 3.05) is 12.4 Å². The predicted molar refractivity (Wildman–Crippen MR) is 89.8 cm³/mol. The lowest BCUT2D eigenvalue weighted by Crippen LogP contribution is -2.34. The van der Waals surface area contributed by atoms with Crippen molar-refractivity contribution in [3.63, 3.8) is 0 Å². The van der Waals surface area contributed by atoms with Crippen LogP contribution in [0.3, 0.4) is 0 Å². The zero-order chi connectivity index (χ0) is 16.8. The van der Waals surface area contributed by atoms with Crippen LogP contribution >= 0.6 is 12.2 Å². The zero-order valence-corrected chi connectivity index (χ0v) is 12.9. The fraction of sp³-hybridized carbons (Fsp3) is 0.0667. The number of anilines is 1. The molecule has 23 heavy (non-hydrogen) atoms. The number of amides is 1. The van der Waals surface area contributed by atoms with E-state index in [1.165, 1.54) is 19.2 Å². The molecule has 0 unspecified atom stereocenters. The van der Waals surface area contributed by atoms with E-state index in [0.29, 0.717) is 11.3 Å². The van der Waals surface area contributed by atoms with E-state index < -0.39 is 10.8 Å². The van der Waals surface area contributed by atoms with Crippen LogP contribution < -0.4 is 15.4 Å². The molecule has 0 heterocycles. The Morgan fingerprint density at radius 3 is 2.52 bits per heavy atom. The van der Waals surface area contributed by atoms with Crippen LogP contribution in [0.2, 0.25) is 0 Å². The molecular weight excluding hydrogens is 318 g/mol. The van der Waals surface area contributed by atoms with Gasteiger partial charge in [0.2, 0.25) is 0 Å². The Bertz CT molecular complexity index is 750.